The molecule has 0 fully saturated rings. The lowest BCUT2D eigenvalue weighted by Crippen LogP contribution is -2.24. The summed E-state index contributed by atoms with van der Waals surface area (Å²) < 4.78 is 25.8. The van der Waals surface area contributed by atoms with E-state index in [1.165, 1.54) is 24.3 Å². The average molecular weight is 303 g/mol. The second-order valence-electron chi connectivity index (χ2n) is 5.21. The zero-order chi connectivity index (χ0) is 15.8. The Hall–Kier alpha value is -2.23. The number of rotatable bonds is 7. The molecule has 0 bridgehead atoms. The van der Waals surface area contributed by atoms with Crippen LogP contribution >= 0.6 is 0 Å². The van der Waals surface area contributed by atoms with Crippen molar-refractivity contribution >= 4 is 5.91 Å². The highest BCUT2D eigenvalue weighted by Gasteiger charge is 2.02. The molecular formula is C18H19F2NO. The lowest BCUT2D eigenvalue weighted by molar-refractivity contribution is -0.121. The Balaban J connectivity index is 1.62. The van der Waals surface area contributed by atoms with Crippen LogP contribution in [0.1, 0.15) is 24.0 Å². The molecule has 116 valence electrons. The maximum absolute atomic E-state index is 13.0. The number of amides is 1. The number of benzene rings is 2. The SMILES string of the molecule is O=C(CCc1ccc(F)cc1)NCCCc1cccc(F)c1. The number of aryl methyl sites for hydroxylation is 2. The van der Waals surface area contributed by atoms with E-state index in [1.807, 2.05) is 6.07 Å². The summed E-state index contributed by atoms with van der Waals surface area (Å²) >= 11 is 0. The van der Waals surface area contributed by atoms with Crippen LogP contribution < -0.4 is 5.32 Å². The molecular weight excluding hydrogens is 284 g/mol. The molecule has 0 saturated carbocycles. The summed E-state index contributed by atoms with van der Waals surface area (Å²) in [7, 11) is 0. The van der Waals surface area contributed by atoms with Crippen molar-refractivity contribution in [2.75, 3.05) is 6.54 Å². The first kappa shape index (κ1) is 16.1. The van der Waals surface area contributed by atoms with Crippen molar-refractivity contribution in [1.29, 1.82) is 0 Å². The topological polar surface area (TPSA) is 29.1 Å². The maximum atomic E-state index is 13.0. The number of hydrogen-bond acceptors (Lipinski definition) is 1. The van der Waals surface area contributed by atoms with Gasteiger partial charge in [-0.3, -0.25) is 4.79 Å². The quantitative estimate of drug-likeness (QED) is 0.777. The summed E-state index contributed by atoms with van der Waals surface area (Å²) in [5.41, 5.74) is 1.87. The predicted octanol–water partition coefficient (Wildman–Crippen LogP) is 3.65. The van der Waals surface area contributed by atoms with E-state index in [1.54, 1.807) is 18.2 Å². The van der Waals surface area contributed by atoms with Gasteiger partial charge in [-0.05, 0) is 54.7 Å². The lowest BCUT2D eigenvalue weighted by atomic mass is 10.1. The van der Waals surface area contributed by atoms with Crippen LogP contribution in [0.3, 0.4) is 0 Å². The highest BCUT2D eigenvalue weighted by molar-refractivity contribution is 5.76. The van der Waals surface area contributed by atoms with Crippen molar-refractivity contribution in [2.45, 2.75) is 25.7 Å². The molecule has 1 amide bonds. The minimum absolute atomic E-state index is 0.0245. The zero-order valence-electron chi connectivity index (χ0n) is 12.3. The van der Waals surface area contributed by atoms with Crippen LogP contribution in [0.5, 0.6) is 0 Å². The largest absolute Gasteiger partial charge is 0.356 e. The van der Waals surface area contributed by atoms with E-state index in [-0.39, 0.29) is 17.5 Å². The second-order valence-corrected chi connectivity index (χ2v) is 5.21. The molecule has 0 atom stereocenters. The van der Waals surface area contributed by atoms with E-state index >= 15 is 0 Å². The predicted molar refractivity (Wildman–Crippen MR) is 82.5 cm³/mol. The summed E-state index contributed by atoms with van der Waals surface area (Å²) in [6, 6.07) is 12.7. The van der Waals surface area contributed by atoms with Crippen LogP contribution in [-0.4, -0.2) is 12.5 Å². The summed E-state index contributed by atoms with van der Waals surface area (Å²) in [6.45, 7) is 0.568. The first-order chi connectivity index (χ1) is 10.6. The van der Waals surface area contributed by atoms with Crippen molar-refractivity contribution in [3.63, 3.8) is 0 Å². The monoisotopic (exact) mass is 303 g/mol. The van der Waals surface area contributed by atoms with Gasteiger partial charge in [-0.2, -0.15) is 0 Å². The van der Waals surface area contributed by atoms with Crippen molar-refractivity contribution in [3.05, 3.63) is 71.3 Å². The van der Waals surface area contributed by atoms with Gasteiger partial charge >= 0.3 is 0 Å². The molecule has 1 N–H and O–H groups in total. The molecule has 22 heavy (non-hydrogen) atoms. The Morgan fingerprint density at radius 1 is 0.909 bits per heavy atom. The van der Waals surface area contributed by atoms with Gasteiger partial charge in [0.25, 0.3) is 0 Å². The molecule has 0 spiro atoms. The third-order valence-electron chi connectivity index (χ3n) is 3.41. The van der Waals surface area contributed by atoms with E-state index in [2.05, 4.69) is 5.32 Å². The molecule has 0 aromatic heterocycles. The molecule has 0 heterocycles. The fourth-order valence-electron chi connectivity index (χ4n) is 2.21. The summed E-state index contributed by atoms with van der Waals surface area (Å²) in [5, 5.41) is 2.84. The van der Waals surface area contributed by atoms with Gasteiger partial charge in [-0.25, -0.2) is 8.78 Å². The summed E-state index contributed by atoms with van der Waals surface area (Å²) in [5.74, 6) is -0.532. The number of halogens is 2. The molecule has 0 aliphatic carbocycles. The van der Waals surface area contributed by atoms with Crippen LogP contribution in [0.25, 0.3) is 0 Å². The van der Waals surface area contributed by atoms with E-state index < -0.39 is 0 Å². The van der Waals surface area contributed by atoms with Crippen LogP contribution in [0.4, 0.5) is 8.78 Å². The highest BCUT2D eigenvalue weighted by Crippen LogP contribution is 2.07. The minimum atomic E-state index is -0.273. The van der Waals surface area contributed by atoms with Gasteiger partial charge in [0.05, 0.1) is 0 Å². The minimum Gasteiger partial charge on any atom is -0.356 e. The van der Waals surface area contributed by atoms with Crippen LogP contribution in [-0.2, 0) is 17.6 Å². The number of nitrogens with one attached hydrogen (secondary N) is 1. The third kappa shape index (κ3) is 5.64. The van der Waals surface area contributed by atoms with Crippen molar-refractivity contribution in [1.82, 2.24) is 5.32 Å². The van der Waals surface area contributed by atoms with E-state index in [0.29, 0.717) is 19.4 Å². The molecule has 4 heteroatoms. The Bertz CT molecular complexity index is 611. The molecule has 0 aliphatic heterocycles. The van der Waals surface area contributed by atoms with E-state index in [0.717, 1.165) is 24.0 Å². The molecule has 2 nitrogen and oxygen atoms in total. The average Bonchev–Trinajstić information content (AvgIpc) is 2.51. The smallest absolute Gasteiger partial charge is 0.220 e. The van der Waals surface area contributed by atoms with Gasteiger partial charge in [0.2, 0.25) is 5.91 Å². The Labute approximate surface area is 129 Å². The van der Waals surface area contributed by atoms with Crippen molar-refractivity contribution < 1.29 is 13.6 Å². The second kappa shape index (κ2) is 8.27. The van der Waals surface area contributed by atoms with Gasteiger partial charge in [0, 0.05) is 13.0 Å². The van der Waals surface area contributed by atoms with Crippen LogP contribution in [0, 0.1) is 11.6 Å². The van der Waals surface area contributed by atoms with Gasteiger partial charge in [-0.15, -0.1) is 0 Å². The van der Waals surface area contributed by atoms with Gasteiger partial charge < -0.3 is 5.32 Å². The third-order valence-corrected chi connectivity index (χ3v) is 3.41. The fourth-order valence-corrected chi connectivity index (χ4v) is 2.21. The van der Waals surface area contributed by atoms with E-state index in [9.17, 15) is 13.6 Å². The molecule has 0 saturated heterocycles. The number of carbonyl (C=O) groups is 1. The molecule has 0 radical (unpaired) electrons. The normalized spacial score (nSPS) is 10.5. The Morgan fingerprint density at radius 2 is 1.68 bits per heavy atom. The van der Waals surface area contributed by atoms with Gasteiger partial charge in [0.1, 0.15) is 11.6 Å². The van der Waals surface area contributed by atoms with Crippen molar-refractivity contribution in [3.8, 4) is 0 Å². The number of hydrogen-bond donors (Lipinski definition) is 1. The molecule has 2 aromatic carbocycles. The van der Waals surface area contributed by atoms with Crippen molar-refractivity contribution in [2.24, 2.45) is 0 Å². The van der Waals surface area contributed by atoms with Crippen LogP contribution in [0.2, 0.25) is 0 Å². The van der Waals surface area contributed by atoms with Gasteiger partial charge in [-0.1, -0.05) is 24.3 Å². The van der Waals surface area contributed by atoms with Crippen LogP contribution in [0.15, 0.2) is 48.5 Å². The first-order valence-electron chi connectivity index (χ1n) is 7.39. The lowest BCUT2D eigenvalue weighted by Gasteiger charge is -2.06. The molecule has 0 unspecified atom stereocenters. The first-order valence-corrected chi connectivity index (χ1v) is 7.39. The number of carbonyl (C=O) groups excluding carboxylic acids is 1. The Morgan fingerprint density at radius 3 is 2.41 bits per heavy atom. The summed E-state index contributed by atoms with van der Waals surface area (Å²) in [4.78, 5) is 11.7. The van der Waals surface area contributed by atoms with Gasteiger partial charge in [0.15, 0.2) is 0 Å². The fraction of sp³-hybridized carbons (Fsp3) is 0.278. The zero-order valence-corrected chi connectivity index (χ0v) is 12.3. The maximum Gasteiger partial charge on any atom is 0.220 e. The molecule has 2 rings (SSSR count). The summed E-state index contributed by atoms with van der Waals surface area (Å²) in [6.07, 6.45) is 2.48. The highest BCUT2D eigenvalue weighted by atomic mass is 19.1. The molecule has 0 aliphatic rings. The van der Waals surface area contributed by atoms with E-state index in [4.69, 9.17) is 0 Å². The standard InChI is InChI=1S/C18H19F2NO/c19-16-9-6-14(7-10-16)8-11-18(22)21-12-2-4-15-3-1-5-17(20)13-15/h1,3,5-7,9-10,13H,2,4,8,11-12H2,(H,21,22). The molecule has 2 aromatic rings. The Kier molecular flexibility index (Phi) is 6.07.